The van der Waals surface area contributed by atoms with Crippen LogP contribution in [0.4, 0.5) is 0 Å². The summed E-state index contributed by atoms with van der Waals surface area (Å²) >= 11 is 0. The van der Waals surface area contributed by atoms with Gasteiger partial charge >= 0.3 is 0 Å². The van der Waals surface area contributed by atoms with Gasteiger partial charge in [-0.1, -0.05) is 50.5 Å². The third-order valence-electron chi connectivity index (χ3n) is 5.39. The summed E-state index contributed by atoms with van der Waals surface area (Å²) in [5.74, 6) is 0.964. The van der Waals surface area contributed by atoms with Crippen molar-refractivity contribution in [1.29, 1.82) is 0 Å². The van der Waals surface area contributed by atoms with Gasteiger partial charge in [0, 0.05) is 0 Å². The maximum Gasteiger partial charge on any atom is -0.00173 e. The normalized spacial score (nSPS) is 26.6. The minimum atomic E-state index is 0.370. The van der Waals surface area contributed by atoms with Gasteiger partial charge in [-0.05, 0) is 68.0 Å². The molecule has 1 saturated carbocycles. The van der Waals surface area contributed by atoms with Crippen molar-refractivity contribution in [3.63, 3.8) is 0 Å². The first-order valence-corrected chi connectivity index (χ1v) is 8.44. The van der Waals surface area contributed by atoms with E-state index in [0.29, 0.717) is 5.41 Å². The Morgan fingerprint density at radius 1 is 1.20 bits per heavy atom. The van der Waals surface area contributed by atoms with Crippen molar-refractivity contribution in [3.05, 3.63) is 35.4 Å². The maximum atomic E-state index is 6.18. The van der Waals surface area contributed by atoms with E-state index in [1.165, 1.54) is 62.5 Å². The Kier molecular flexibility index (Phi) is 5.65. The van der Waals surface area contributed by atoms with Crippen LogP contribution in [0.15, 0.2) is 24.3 Å². The first kappa shape index (κ1) is 15.6. The molecular formula is C19H31N. The average molecular weight is 273 g/mol. The summed E-state index contributed by atoms with van der Waals surface area (Å²) < 4.78 is 0. The Hall–Kier alpha value is -0.820. The van der Waals surface area contributed by atoms with Gasteiger partial charge < -0.3 is 5.73 Å². The molecule has 112 valence electrons. The number of nitrogens with two attached hydrogens (primary N) is 1. The summed E-state index contributed by atoms with van der Waals surface area (Å²) in [5, 5.41) is 0. The van der Waals surface area contributed by atoms with E-state index in [0.717, 1.165) is 12.5 Å². The lowest BCUT2D eigenvalue weighted by Crippen LogP contribution is -2.37. The van der Waals surface area contributed by atoms with Crippen LogP contribution in [0.25, 0.3) is 0 Å². The van der Waals surface area contributed by atoms with Gasteiger partial charge in [-0.25, -0.2) is 0 Å². The molecule has 0 atom stereocenters. The molecule has 0 spiro atoms. The second-order valence-electron chi connectivity index (χ2n) is 6.89. The fourth-order valence-electron chi connectivity index (χ4n) is 3.74. The van der Waals surface area contributed by atoms with Crippen LogP contribution >= 0.6 is 0 Å². The number of aryl methyl sites for hydroxylation is 1. The maximum absolute atomic E-state index is 6.18. The fourth-order valence-corrected chi connectivity index (χ4v) is 3.74. The van der Waals surface area contributed by atoms with Crippen molar-refractivity contribution < 1.29 is 0 Å². The fraction of sp³-hybridized carbons (Fsp3) is 0.684. The molecule has 0 bridgehead atoms. The van der Waals surface area contributed by atoms with Crippen LogP contribution in [-0.4, -0.2) is 6.54 Å². The Morgan fingerprint density at radius 3 is 2.50 bits per heavy atom. The summed E-state index contributed by atoms with van der Waals surface area (Å²) in [4.78, 5) is 0. The average Bonchev–Trinajstić information content (AvgIpc) is 2.49. The number of unbranched alkanes of at least 4 members (excludes halogenated alkanes) is 1. The van der Waals surface area contributed by atoms with E-state index in [1.54, 1.807) is 0 Å². The molecule has 0 aliphatic heterocycles. The Labute approximate surface area is 125 Å². The van der Waals surface area contributed by atoms with Gasteiger partial charge in [-0.3, -0.25) is 0 Å². The third kappa shape index (κ3) is 3.85. The van der Waals surface area contributed by atoms with Crippen molar-refractivity contribution in [1.82, 2.24) is 0 Å². The molecule has 2 N–H and O–H groups in total. The Bertz CT molecular complexity index is 402. The number of benzene rings is 1. The highest BCUT2D eigenvalue weighted by atomic mass is 14.6. The molecule has 2 rings (SSSR count). The molecule has 0 amide bonds. The van der Waals surface area contributed by atoms with E-state index in [2.05, 4.69) is 38.1 Å². The zero-order valence-electron chi connectivity index (χ0n) is 13.3. The minimum absolute atomic E-state index is 0.370. The number of hydrogen-bond acceptors (Lipinski definition) is 1. The van der Waals surface area contributed by atoms with Crippen LogP contribution in [0, 0.1) is 18.3 Å². The highest BCUT2D eigenvalue weighted by Crippen LogP contribution is 2.42. The monoisotopic (exact) mass is 273 g/mol. The molecule has 0 unspecified atom stereocenters. The van der Waals surface area contributed by atoms with Gasteiger partial charge in [0.1, 0.15) is 0 Å². The zero-order valence-corrected chi connectivity index (χ0v) is 13.3. The molecule has 0 radical (unpaired) electrons. The Balaban J connectivity index is 1.97. The molecule has 1 aliphatic rings. The molecule has 1 heteroatoms. The summed E-state index contributed by atoms with van der Waals surface area (Å²) in [5.41, 5.74) is 9.48. The lowest BCUT2D eigenvalue weighted by atomic mass is 9.66. The lowest BCUT2D eigenvalue weighted by molar-refractivity contribution is 0.150. The number of hydrogen-bond donors (Lipinski definition) is 1. The van der Waals surface area contributed by atoms with Gasteiger partial charge in [-0.15, -0.1) is 0 Å². The molecule has 1 aromatic carbocycles. The summed E-state index contributed by atoms with van der Waals surface area (Å²) in [7, 11) is 0. The van der Waals surface area contributed by atoms with Crippen LogP contribution in [0.1, 0.15) is 63.0 Å². The smallest absolute Gasteiger partial charge is 0.00173 e. The molecule has 0 saturated heterocycles. The number of rotatable bonds is 6. The SMILES string of the molecule is CCCCC1CCC(CN)(Cc2ccccc2C)CC1. The minimum Gasteiger partial charge on any atom is -0.330 e. The highest BCUT2D eigenvalue weighted by molar-refractivity contribution is 5.27. The van der Waals surface area contributed by atoms with Crippen molar-refractivity contribution in [2.75, 3.05) is 6.54 Å². The van der Waals surface area contributed by atoms with E-state index in [9.17, 15) is 0 Å². The van der Waals surface area contributed by atoms with Crippen LogP contribution in [0.5, 0.6) is 0 Å². The van der Waals surface area contributed by atoms with Crippen molar-refractivity contribution in [2.24, 2.45) is 17.1 Å². The third-order valence-corrected chi connectivity index (χ3v) is 5.39. The Morgan fingerprint density at radius 2 is 1.90 bits per heavy atom. The predicted molar refractivity (Wildman–Crippen MR) is 87.9 cm³/mol. The molecule has 1 fully saturated rings. The molecule has 0 aromatic heterocycles. The van der Waals surface area contributed by atoms with Crippen molar-refractivity contribution in [3.8, 4) is 0 Å². The van der Waals surface area contributed by atoms with Crippen molar-refractivity contribution >= 4 is 0 Å². The summed E-state index contributed by atoms with van der Waals surface area (Å²) in [6.45, 7) is 5.37. The molecule has 1 nitrogen and oxygen atoms in total. The summed E-state index contributed by atoms with van der Waals surface area (Å²) in [6, 6.07) is 8.82. The molecule has 1 aromatic rings. The standard InChI is InChI=1S/C19H31N/c1-3-4-8-17-10-12-19(15-20,13-11-17)14-18-9-6-5-7-16(18)2/h5-7,9,17H,3-4,8,10-15,20H2,1-2H3. The quantitative estimate of drug-likeness (QED) is 0.786. The lowest BCUT2D eigenvalue weighted by Gasteiger charge is -2.40. The van der Waals surface area contributed by atoms with E-state index in [-0.39, 0.29) is 0 Å². The largest absolute Gasteiger partial charge is 0.330 e. The van der Waals surface area contributed by atoms with Gasteiger partial charge in [0.05, 0.1) is 0 Å². The van der Waals surface area contributed by atoms with Crippen LogP contribution in [0.2, 0.25) is 0 Å². The van der Waals surface area contributed by atoms with Gasteiger partial charge in [0.2, 0.25) is 0 Å². The van der Waals surface area contributed by atoms with Gasteiger partial charge in [0.25, 0.3) is 0 Å². The zero-order chi connectivity index (χ0) is 14.4. The van der Waals surface area contributed by atoms with Crippen LogP contribution in [0.3, 0.4) is 0 Å². The first-order chi connectivity index (χ1) is 9.69. The van der Waals surface area contributed by atoms with Gasteiger partial charge in [-0.2, -0.15) is 0 Å². The van der Waals surface area contributed by atoms with Crippen LogP contribution < -0.4 is 5.73 Å². The summed E-state index contributed by atoms with van der Waals surface area (Å²) in [6.07, 6.45) is 10.8. The van der Waals surface area contributed by atoms with Gasteiger partial charge in [0.15, 0.2) is 0 Å². The second-order valence-corrected chi connectivity index (χ2v) is 6.89. The molecule has 0 heterocycles. The van der Waals surface area contributed by atoms with Crippen LogP contribution in [-0.2, 0) is 6.42 Å². The van der Waals surface area contributed by atoms with E-state index >= 15 is 0 Å². The van der Waals surface area contributed by atoms with Crippen molar-refractivity contribution in [2.45, 2.75) is 65.2 Å². The molecule has 1 aliphatic carbocycles. The predicted octanol–water partition coefficient (Wildman–Crippen LogP) is 4.86. The topological polar surface area (TPSA) is 26.0 Å². The molecular weight excluding hydrogens is 242 g/mol. The van der Waals surface area contributed by atoms with E-state index in [4.69, 9.17) is 5.73 Å². The molecule has 20 heavy (non-hydrogen) atoms. The van der Waals surface area contributed by atoms with E-state index < -0.39 is 0 Å². The van der Waals surface area contributed by atoms with E-state index in [1.807, 2.05) is 0 Å². The highest BCUT2D eigenvalue weighted by Gasteiger charge is 2.34. The first-order valence-electron chi connectivity index (χ1n) is 8.44. The second kappa shape index (κ2) is 7.26.